The topological polar surface area (TPSA) is 37.4 Å². The van der Waals surface area contributed by atoms with Gasteiger partial charge in [-0.2, -0.15) is 4.31 Å². The summed E-state index contributed by atoms with van der Waals surface area (Å²) in [5.74, 6) is 0.311. The lowest BCUT2D eigenvalue weighted by Gasteiger charge is -2.28. The maximum atomic E-state index is 12.7. The molecule has 0 aromatic heterocycles. The standard InChI is InChI=1S/C14H23NO2S/c1-11(2)10-15(12(3)4)18(16,17)14-9-7-6-8-13(14)5/h6-9,11-12H,10H2,1-5H3. The zero-order valence-electron chi connectivity index (χ0n) is 11.8. The van der Waals surface area contributed by atoms with E-state index in [4.69, 9.17) is 0 Å². The van der Waals surface area contributed by atoms with E-state index in [1.54, 1.807) is 16.4 Å². The molecule has 0 atom stereocenters. The average molecular weight is 269 g/mol. The van der Waals surface area contributed by atoms with Gasteiger partial charge in [-0.15, -0.1) is 0 Å². The summed E-state index contributed by atoms with van der Waals surface area (Å²) < 4.78 is 26.9. The van der Waals surface area contributed by atoms with Crippen molar-refractivity contribution in [2.24, 2.45) is 5.92 Å². The SMILES string of the molecule is Cc1ccccc1S(=O)(=O)N(CC(C)C)C(C)C. The van der Waals surface area contributed by atoms with Crippen LogP contribution in [0.2, 0.25) is 0 Å². The predicted octanol–water partition coefficient (Wildman–Crippen LogP) is 3.05. The molecule has 0 aliphatic carbocycles. The molecule has 0 fully saturated rings. The lowest BCUT2D eigenvalue weighted by molar-refractivity contribution is 0.318. The highest BCUT2D eigenvalue weighted by Crippen LogP contribution is 2.22. The monoisotopic (exact) mass is 269 g/mol. The maximum absolute atomic E-state index is 12.7. The number of benzene rings is 1. The summed E-state index contributed by atoms with van der Waals surface area (Å²) in [5.41, 5.74) is 0.798. The maximum Gasteiger partial charge on any atom is 0.243 e. The first-order valence-corrected chi connectivity index (χ1v) is 7.78. The van der Waals surface area contributed by atoms with Crippen molar-refractivity contribution in [3.63, 3.8) is 0 Å². The fourth-order valence-corrected chi connectivity index (χ4v) is 3.95. The molecule has 0 bridgehead atoms. The molecule has 0 unspecified atom stereocenters. The summed E-state index contributed by atoms with van der Waals surface area (Å²) in [4.78, 5) is 0.416. The molecular weight excluding hydrogens is 246 g/mol. The van der Waals surface area contributed by atoms with E-state index in [1.165, 1.54) is 0 Å². The summed E-state index contributed by atoms with van der Waals surface area (Å²) in [6.07, 6.45) is 0. The second-order valence-corrected chi connectivity index (χ2v) is 7.19. The molecule has 102 valence electrons. The van der Waals surface area contributed by atoms with Crippen molar-refractivity contribution in [1.82, 2.24) is 4.31 Å². The van der Waals surface area contributed by atoms with Crippen LogP contribution in [0.15, 0.2) is 29.2 Å². The van der Waals surface area contributed by atoms with Crippen molar-refractivity contribution in [2.75, 3.05) is 6.54 Å². The van der Waals surface area contributed by atoms with E-state index in [-0.39, 0.29) is 6.04 Å². The highest BCUT2D eigenvalue weighted by Gasteiger charge is 2.28. The van der Waals surface area contributed by atoms with E-state index >= 15 is 0 Å². The Morgan fingerprint density at radius 1 is 1.11 bits per heavy atom. The molecule has 18 heavy (non-hydrogen) atoms. The van der Waals surface area contributed by atoms with Crippen molar-refractivity contribution < 1.29 is 8.42 Å². The molecular formula is C14H23NO2S. The van der Waals surface area contributed by atoms with Crippen molar-refractivity contribution >= 4 is 10.0 Å². The zero-order valence-corrected chi connectivity index (χ0v) is 12.7. The van der Waals surface area contributed by atoms with E-state index in [9.17, 15) is 8.42 Å². The third-order valence-corrected chi connectivity index (χ3v) is 5.00. The van der Waals surface area contributed by atoms with Gasteiger partial charge in [0, 0.05) is 12.6 Å². The van der Waals surface area contributed by atoms with Crippen LogP contribution in [0, 0.1) is 12.8 Å². The molecule has 4 heteroatoms. The van der Waals surface area contributed by atoms with E-state index < -0.39 is 10.0 Å². The normalized spacial score (nSPS) is 12.7. The van der Waals surface area contributed by atoms with Gasteiger partial charge >= 0.3 is 0 Å². The fourth-order valence-electron chi connectivity index (χ4n) is 1.92. The average Bonchev–Trinajstić information content (AvgIpc) is 2.25. The Labute approximate surface area is 111 Å². The van der Waals surface area contributed by atoms with Crippen LogP contribution < -0.4 is 0 Å². The van der Waals surface area contributed by atoms with Crippen LogP contribution in [0.25, 0.3) is 0 Å². The van der Waals surface area contributed by atoms with Crippen molar-refractivity contribution in [2.45, 2.75) is 45.6 Å². The molecule has 0 spiro atoms. The summed E-state index contributed by atoms with van der Waals surface area (Å²) in [7, 11) is -3.39. The smallest absolute Gasteiger partial charge is 0.207 e. The highest BCUT2D eigenvalue weighted by molar-refractivity contribution is 7.89. The van der Waals surface area contributed by atoms with Gasteiger partial charge in [-0.25, -0.2) is 8.42 Å². The third kappa shape index (κ3) is 3.33. The molecule has 0 amide bonds. The van der Waals surface area contributed by atoms with Crippen LogP contribution in [-0.2, 0) is 10.0 Å². The molecule has 0 aliphatic heterocycles. The predicted molar refractivity (Wildman–Crippen MR) is 75.0 cm³/mol. The van der Waals surface area contributed by atoms with Crippen molar-refractivity contribution in [1.29, 1.82) is 0 Å². The molecule has 0 aliphatic rings. The third-order valence-electron chi connectivity index (χ3n) is 2.80. The Balaban J connectivity index is 3.22. The van der Waals surface area contributed by atoms with Crippen LogP contribution in [0.1, 0.15) is 33.3 Å². The summed E-state index contributed by atoms with van der Waals surface area (Å²) >= 11 is 0. The quantitative estimate of drug-likeness (QED) is 0.824. The molecule has 0 saturated heterocycles. The Bertz CT molecular complexity index is 492. The summed E-state index contributed by atoms with van der Waals surface area (Å²) in [5, 5.41) is 0. The Morgan fingerprint density at radius 3 is 2.11 bits per heavy atom. The van der Waals surface area contributed by atoms with Crippen molar-refractivity contribution in [3.8, 4) is 0 Å². The number of hydrogen-bond acceptors (Lipinski definition) is 2. The number of hydrogen-bond donors (Lipinski definition) is 0. The van der Waals surface area contributed by atoms with Crippen LogP contribution in [0.3, 0.4) is 0 Å². The van der Waals surface area contributed by atoms with Crippen LogP contribution >= 0.6 is 0 Å². The highest BCUT2D eigenvalue weighted by atomic mass is 32.2. The molecule has 1 aromatic rings. The molecule has 1 aromatic carbocycles. The van der Waals surface area contributed by atoms with Gasteiger partial charge in [0.1, 0.15) is 0 Å². The van der Waals surface area contributed by atoms with E-state index in [1.807, 2.05) is 46.8 Å². The molecule has 1 rings (SSSR count). The first-order valence-electron chi connectivity index (χ1n) is 6.34. The minimum atomic E-state index is -3.39. The van der Waals surface area contributed by atoms with E-state index in [2.05, 4.69) is 0 Å². The number of rotatable bonds is 5. The Morgan fingerprint density at radius 2 is 1.67 bits per heavy atom. The molecule has 0 saturated carbocycles. The van der Waals surface area contributed by atoms with Gasteiger partial charge in [0.15, 0.2) is 0 Å². The second-order valence-electron chi connectivity index (χ2n) is 5.33. The van der Waals surface area contributed by atoms with E-state index in [0.717, 1.165) is 5.56 Å². The minimum Gasteiger partial charge on any atom is -0.207 e. The van der Waals surface area contributed by atoms with Gasteiger partial charge in [0.05, 0.1) is 4.90 Å². The van der Waals surface area contributed by atoms with Crippen LogP contribution in [0.5, 0.6) is 0 Å². The Kier molecular flexibility index (Phi) is 4.93. The summed E-state index contributed by atoms with van der Waals surface area (Å²) in [6, 6.07) is 7.11. The lowest BCUT2D eigenvalue weighted by atomic mass is 10.2. The van der Waals surface area contributed by atoms with Gasteiger partial charge in [-0.3, -0.25) is 0 Å². The zero-order chi connectivity index (χ0) is 13.9. The fraction of sp³-hybridized carbons (Fsp3) is 0.571. The second kappa shape index (κ2) is 5.85. The first-order chi connectivity index (χ1) is 8.26. The molecule has 3 nitrogen and oxygen atoms in total. The summed E-state index contributed by atoms with van der Waals surface area (Å²) in [6.45, 7) is 10.3. The van der Waals surface area contributed by atoms with Crippen LogP contribution in [0.4, 0.5) is 0 Å². The van der Waals surface area contributed by atoms with Crippen molar-refractivity contribution in [3.05, 3.63) is 29.8 Å². The lowest BCUT2D eigenvalue weighted by Crippen LogP contribution is -2.39. The Hall–Kier alpha value is -0.870. The van der Waals surface area contributed by atoms with Crippen LogP contribution in [-0.4, -0.2) is 25.3 Å². The number of sulfonamides is 1. The van der Waals surface area contributed by atoms with E-state index in [0.29, 0.717) is 17.4 Å². The largest absolute Gasteiger partial charge is 0.243 e. The van der Waals surface area contributed by atoms with Gasteiger partial charge < -0.3 is 0 Å². The van der Waals surface area contributed by atoms with Gasteiger partial charge in [-0.05, 0) is 38.3 Å². The van der Waals surface area contributed by atoms with Gasteiger partial charge in [-0.1, -0.05) is 32.0 Å². The first kappa shape index (κ1) is 15.2. The molecule has 0 radical (unpaired) electrons. The number of aryl methyl sites for hydroxylation is 1. The van der Waals surface area contributed by atoms with Gasteiger partial charge in [0.2, 0.25) is 10.0 Å². The molecule has 0 heterocycles. The minimum absolute atomic E-state index is 0.0305. The molecule has 0 N–H and O–H groups in total. The van der Waals surface area contributed by atoms with Gasteiger partial charge in [0.25, 0.3) is 0 Å². The number of nitrogens with zero attached hydrogens (tertiary/aromatic N) is 1.